The van der Waals surface area contributed by atoms with Crippen LogP contribution < -0.4 is 5.32 Å². The molecule has 0 fully saturated rings. The molecule has 0 unspecified atom stereocenters. The minimum Gasteiger partial charge on any atom is -0.383 e. The molecular weight excluding hydrogens is 398 g/mol. The molecule has 0 atom stereocenters. The maximum Gasteiger partial charge on any atom is 0.278 e. The number of hydrogen-bond acceptors (Lipinski definition) is 6. The van der Waals surface area contributed by atoms with E-state index in [1.54, 1.807) is 0 Å². The van der Waals surface area contributed by atoms with Gasteiger partial charge in [0.05, 0.1) is 23.6 Å². The lowest BCUT2D eigenvalue weighted by Gasteiger charge is -2.19. The number of benzene rings is 2. The summed E-state index contributed by atoms with van der Waals surface area (Å²) in [5, 5.41) is 14.0. The molecule has 0 saturated carbocycles. The number of amides is 2. The molecule has 0 aliphatic carbocycles. The summed E-state index contributed by atoms with van der Waals surface area (Å²) in [5.41, 5.74) is 2.43. The largest absolute Gasteiger partial charge is 0.383 e. The van der Waals surface area contributed by atoms with Gasteiger partial charge in [-0.15, -0.1) is 0 Å². The summed E-state index contributed by atoms with van der Waals surface area (Å²) in [5.74, 6) is -0.931. The maximum atomic E-state index is 13.0. The van der Waals surface area contributed by atoms with Gasteiger partial charge in [-0.3, -0.25) is 24.6 Å². The molecule has 0 bridgehead atoms. The zero-order valence-electron chi connectivity index (χ0n) is 18.0. The number of anilines is 1. The number of nitro benzene ring substituents is 1. The van der Waals surface area contributed by atoms with Gasteiger partial charge in [0.1, 0.15) is 5.70 Å². The Bertz CT molecular complexity index is 1030. The van der Waals surface area contributed by atoms with Gasteiger partial charge in [-0.1, -0.05) is 32.9 Å². The van der Waals surface area contributed by atoms with E-state index in [2.05, 4.69) is 26.1 Å². The molecule has 1 heterocycles. The quantitative estimate of drug-likeness (QED) is 0.414. The van der Waals surface area contributed by atoms with Crippen LogP contribution in [0.2, 0.25) is 0 Å². The molecule has 0 saturated heterocycles. The van der Waals surface area contributed by atoms with Crippen LogP contribution in [-0.4, -0.2) is 41.9 Å². The molecule has 0 radical (unpaired) electrons. The fourth-order valence-corrected chi connectivity index (χ4v) is 3.29. The number of nitro groups is 1. The second kappa shape index (κ2) is 8.69. The number of rotatable bonds is 7. The molecule has 2 amide bonds. The highest BCUT2D eigenvalue weighted by Gasteiger charge is 2.39. The van der Waals surface area contributed by atoms with Gasteiger partial charge in [-0.05, 0) is 40.8 Å². The fourth-order valence-electron chi connectivity index (χ4n) is 3.29. The van der Waals surface area contributed by atoms with Crippen molar-refractivity contribution in [1.82, 2.24) is 4.90 Å². The topological polar surface area (TPSA) is 102 Å². The molecular formula is C23H25N3O5. The zero-order valence-corrected chi connectivity index (χ0v) is 18.0. The summed E-state index contributed by atoms with van der Waals surface area (Å²) in [6, 6.07) is 13.2. The summed E-state index contributed by atoms with van der Waals surface area (Å²) in [6.45, 7) is 6.64. The van der Waals surface area contributed by atoms with Gasteiger partial charge < -0.3 is 10.1 Å². The van der Waals surface area contributed by atoms with E-state index in [1.807, 2.05) is 24.3 Å². The highest BCUT2D eigenvalue weighted by Crippen LogP contribution is 2.32. The highest BCUT2D eigenvalue weighted by molar-refractivity contribution is 6.36. The molecule has 1 aliphatic rings. The minimum absolute atomic E-state index is 0.0161. The first-order valence-corrected chi connectivity index (χ1v) is 9.85. The number of non-ortho nitro benzene ring substituents is 1. The first-order chi connectivity index (χ1) is 14.6. The molecule has 8 heteroatoms. The number of carbonyl (C=O) groups excluding carboxylic acids is 2. The summed E-state index contributed by atoms with van der Waals surface area (Å²) in [6.07, 6.45) is 0. The molecule has 3 rings (SSSR count). The van der Waals surface area contributed by atoms with Gasteiger partial charge in [0.2, 0.25) is 0 Å². The number of hydrogen-bond donors (Lipinski definition) is 1. The van der Waals surface area contributed by atoms with Gasteiger partial charge in [0.25, 0.3) is 17.5 Å². The Morgan fingerprint density at radius 2 is 1.61 bits per heavy atom. The van der Waals surface area contributed by atoms with Gasteiger partial charge in [0.15, 0.2) is 0 Å². The lowest BCUT2D eigenvalue weighted by Crippen LogP contribution is -2.35. The van der Waals surface area contributed by atoms with Crippen molar-refractivity contribution in [2.45, 2.75) is 26.2 Å². The van der Waals surface area contributed by atoms with Gasteiger partial charge in [-0.25, -0.2) is 0 Å². The standard InChI is InChI=1S/C23H25N3O5/c1-23(2,3)16-7-9-17(10-8-16)24-20-19(15-5-11-18(12-6-15)26(29)30)21(27)25(22(20)28)13-14-31-4/h5-12,24H,13-14H2,1-4H3. The van der Waals surface area contributed by atoms with Crippen LogP contribution in [0.15, 0.2) is 54.2 Å². The Morgan fingerprint density at radius 1 is 1.00 bits per heavy atom. The van der Waals surface area contributed by atoms with Crippen molar-refractivity contribution >= 4 is 28.8 Å². The Balaban J connectivity index is 2.00. The fraction of sp³-hybridized carbons (Fsp3) is 0.304. The van der Waals surface area contributed by atoms with E-state index in [1.165, 1.54) is 31.4 Å². The van der Waals surface area contributed by atoms with Crippen LogP contribution in [0.3, 0.4) is 0 Å². The smallest absolute Gasteiger partial charge is 0.278 e. The summed E-state index contributed by atoms with van der Waals surface area (Å²) >= 11 is 0. The van der Waals surface area contributed by atoms with Crippen LogP contribution in [0, 0.1) is 10.1 Å². The van der Waals surface area contributed by atoms with Crippen LogP contribution in [0.5, 0.6) is 0 Å². The van der Waals surface area contributed by atoms with E-state index in [4.69, 9.17) is 4.74 Å². The second-order valence-electron chi connectivity index (χ2n) is 8.26. The zero-order chi connectivity index (χ0) is 22.8. The molecule has 1 aliphatic heterocycles. The average Bonchev–Trinajstić information content (AvgIpc) is 2.95. The minimum atomic E-state index is -0.513. The SMILES string of the molecule is COCCN1C(=O)C(Nc2ccc(C(C)(C)C)cc2)=C(c2ccc([N+](=O)[O-])cc2)C1=O. The third kappa shape index (κ3) is 4.64. The van der Waals surface area contributed by atoms with E-state index < -0.39 is 16.7 Å². The van der Waals surface area contributed by atoms with Crippen molar-refractivity contribution in [2.75, 3.05) is 25.6 Å². The molecule has 31 heavy (non-hydrogen) atoms. The number of nitrogens with one attached hydrogen (secondary N) is 1. The number of carbonyl (C=O) groups is 2. The number of nitrogens with zero attached hydrogens (tertiary/aromatic N) is 2. The number of ether oxygens (including phenoxy) is 1. The Labute approximate surface area is 180 Å². The lowest BCUT2D eigenvalue weighted by atomic mass is 9.87. The highest BCUT2D eigenvalue weighted by atomic mass is 16.6. The van der Waals surface area contributed by atoms with Crippen LogP contribution >= 0.6 is 0 Å². The molecule has 2 aromatic carbocycles. The first-order valence-electron chi connectivity index (χ1n) is 9.85. The van der Waals surface area contributed by atoms with E-state index in [0.29, 0.717) is 11.3 Å². The van der Waals surface area contributed by atoms with Crippen LogP contribution in [0.25, 0.3) is 5.57 Å². The van der Waals surface area contributed by atoms with Crippen molar-refractivity contribution in [3.05, 3.63) is 75.5 Å². The van der Waals surface area contributed by atoms with E-state index >= 15 is 0 Å². The Kier molecular flexibility index (Phi) is 6.21. The molecule has 162 valence electrons. The monoisotopic (exact) mass is 423 g/mol. The third-order valence-corrected chi connectivity index (χ3v) is 5.07. The van der Waals surface area contributed by atoms with Crippen LogP contribution in [-0.2, 0) is 19.7 Å². The third-order valence-electron chi connectivity index (χ3n) is 5.07. The number of methoxy groups -OCH3 is 1. The van der Waals surface area contributed by atoms with Gasteiger partial charge >= 0.3 is 0 Å². The van der Waals surface area contributed by atoms with E-state index in [-0.39, 0.29) is 35.5 Å². The number of imide groups is 1. The van der Waals surface area contributed by atoms with Gasteiger partial charge in [0, 0.05) is 24.9 Å². The van der Waals surface area contributed by atoms with Crippen molar-refractivity contribution in [3.8, 4) is 0 Å². The van der Waals surface area contributed by atoms with E-state index in [9.17, 15) is 19.7 Å². The van der Waals surface area contributed by atoms with E-state index in [0.717, 1.165) is 10.5 Å². The normalized spacial score (nSPS) is 14.4. The van der Waals surface area contributed by atoms with Crippen LogP contribution in [0.4, 0.5) is 11.4 Å². The van der Waals surface area contributed by atoms with Crippen molar-refractivity contribution in [1.29, 1.82) is 0 Å². The van der Waals surface area contributed by atoms with Crippen molar-refractivity contribution in [2.24, 2.45) is 0 Å². The Morgan fingerprint density at radius 3 is 2.13 bits per heavy atom. The van der Waals surface area contributed by atoms with Crippen LogP contribution in [0.1, 0.15) is 31.9 Å². The predicted molar refractivity (Wildman–Crippen MR) is 117 cm³/mol. The summed E-state index contributed by atoms with van der Waals surface area (Å²) in [4.78, 5) is 37.6. The average molecular weight is 423 g/mol. The second-order valence-corrected chi connectivity index (χ2v) is 8.26. The summed E-state index contributed by atoms with van der Waals surface area (Å²) < 4.78 is 5.02. The van der Waals surface area contributed by atoms with Crippen molar-refractivity contribution < 1.29 is 19.2 Å². The Hall–Kier alpha value is -3.52. The predicted octanol–water partition coefficient (Wildman–Crippen LogP) is 3.73. The molecule has 8 nitrogen and oxygen atoms in total. The molecule has 0 spiro atoms. The molecule has 0 aromatic heterocycles. The van der Waals surface area contributed by atoms with Crippen molar-refractivity contribution in [3.63, 3.8) is 0 Å². The maximum absolute atomic E-state index is 13.0. The summed E-state index contributed by atoms with van der Waals surface area (Å²) in [7, 11) is 1.49. The first kappa shape index (κ1) is 22.2. The van der Waals surface area contributed by atoms with Gasteiger partial charge in [-0.2, -0.15) is 0 Å². The molecule has 2 aromatic rings. The lowest BCUT2D eigenvalue weighted by molar-refractivity contribution is -0.384. The molecule has 1 N–H and O–H groups in total.